The van der Waals surface area contributed by atoms with E-state index in [4.69, 9.17) is 16.6 Å². The van der Waals surface area contributed by atoms with Gasteiger partial charge in [-0.25, -0.2) is 4.98 Å². The van der Waals surface area contributed by atoms with Crippen molar-refractivity contribution >= 4 is 34.2 Å². The lowest BCUT2D eigenvalue weighted by Crippen LogP contribution is -2.62. The SMILES string of the molecule is C=CC(=O)N1CC2(CCN(c3nc4cc(-c5ccnn5C)ccc4c(-c4ccccc4Cl)c3C#N)C2C)C1. The van der Waals surface area contributed by atoms with Crippen LogP contribution in [0.5, 0.6) is 0 Å². The molecule has 1 atom stereocenters. The number of carbonyl (C=O) groups excluding carboxylic acids is 1. The highest BCUT2D eigenvalue weighted by Gasteiger charge is 2.54. The fourth-order valence-electron chi connectivity index (χ4n) is 6.11. The van der Waals surface area contributed by atoms with E-state index in [-0.39, 0.29) is 17.4 Å². The van der Waals surface area contributed by atoms with Crippen molar-refractivity contribution in [3.05, 3.63) is 78.0 Å². The summed E-state index contributed by atoms with van der Waals surface area (Å²) in [5, 5.41) is 16.3. The molecule has 2 fully saturated rings. The molecule has 0 saturated carbocycles. The van der Waals surface area contributed by atoms with Crippen molar-refractivity contribution in [2.45, 2.75) is 19.4 Å². The molecule has 2 aliphatic heterocycles. The predicted octanol–water partition coefficient (Wildman–Crippen LogP) is 5.44. The third-order valence-electron chi connectivity index (χ3n) is 8.31. The molecule has 7 nitrogen and oxygen atoms in total. The standard InChI is InChI=1S/C30H27ClN6O/c1-4-27(38)36-17-30(18-36)12-14-37(19(30)2)29-23(16-32)28(21-7-5-6-8-24(21)31)22-10-9-20(15-25(22)34-29)26-11-13-33-35(26)3/h4-11,13,15,19H,1,12,14,17-18H2,2-3H3. The third kappa shape index (κ3) is 3.59. The zero-order valence-corrected chi connectivity index (χ0v) is 22.1. The van der Waals surface area contributed by atoms with Crippen molar-refractivity contribution in [3.63, 3.8) is 0 Å². The largest absolute Gasteiger partial charge is 0.352 e. The molecule has 1 unspecified atom stereocenters. The van der Waals surface area contributed by atoms with E-state index in [1.807, 2.05) is 59.1 Å². The van der Waals surface area contributed by atoms with Gasteiger partial charge >= 0.3 is 0 Å². The molecule has 0 aliphatic carbocycles. The summed E-state index contributed by atoms with van der Waals surface area (Å²) in [6.07, 6.45) is 4.07. The van der Waals surface area contributed by atoms with Crippen LogP contribution in [-0.2, 0) is 11.8 Å². The molecule has 1 amide bonds. The van der Waals surface area contributed by atoms with Gasteiger partial charge in [0.05, 0.1) is 11.2 Å². The van der Waals surface area contributed by atoms with Gasteiger partial charge in [-0.15, -0.1) is 0 Å². The highest BCUT2D eigenvalue weighted by atomic mass is 35.5. The van der Waals surface area contributed by atoms with E-state index in [0.717, 1.165) is 46.3 Å². The number of anilines is 1. The maximum Gasteiger partial charge on any atom is 0.245 e. The first-order valence-corrected chi connectivity index (χ1v) is 13.0. The van der Waals surface area contributed by atoms with Crippen LogP contribution in [0, 0.1) is 16.7 Å². The van der Waals surface area contributed by atoms with Crippen molar-refractivity contribution in [1.29, 1.82) is 5.26 Å². The van der Waals surface area contributed by atoms with Crippen molar-refractivity contribution < 1.29 is 4.79 Å². The zero-order valence-electron chi connectivity index (χ0n) is 21.4. The molecule has 6 rings (SSSR count). The van der Waals surface area contributed by atoms with Gasteiger partial charge in [0, 0.05) is 71.4 Å². The number of rotatable bonds is 4. The number of aromatic nitrogens is 3. The molecular formula is C30H27ClN6O. The normalized spacial score (nSPS) is 18.0. The Hall–Kier alpha value is -4.15. The molecule has 1 spiro atoms. The molecule has 0 radical (unpaired) electrons. The number of benzene rings is 2. The number of halogens is 1. The molecular weight excluding hydrogens is 496 g/mol. The summed E-state index contributed by atoms with van der Waals surface area (Å²) in [5.41, 5.74) is 4.85. The van der Waals surface area contributed by atoms with E-state index >= 15 is 0 Å². The molecule has 2 aliphatic rings. The van der Waals surface area contributed by atoms with Crippen LogP contribution in [0.1, 0.15) is 18.9 Å². The number of hydrogen-bond donors (Lipinski definition) is 0. The number of aryl methyl sites for hydroxylation is 1. The van der Waals surface area contributed by atoms with E-state index in [1.165, 1.54) is 6.08 Å². The molecule has 0 N–H and O–H groups in total. The van der Waals surface area contributed by atoms with Gasteiger partial charge in [0.15, 0.2) is 0 Å². The Balaban J connectivity index is 1.53. The van der Waals surface area contributed by atoms with Crippen molar-refractivity contribution in [2.75, 3.05) is 24.5 Å². The van der Waals surface area contributed by atoms with Crippen LogP contribution < -0.4 is 4.90 Å². The van der Waals surface area contributed by atoms with Crippen LogP contribution in [0.15, 0.2) is 67.4 Å². The first-order valence-electron chi connectivity index (χ1n) is 12.7. The topological polar surface area (TPSA) is 78.1 Å². The van der Waals surface area contributed by atoms with Crippen LogP contribution in [0.25, 0.3) is 33.3 Å². The average molecular weight is 523 g/mol. The molecule has 4 heterocycles. The van der Waals surface area contributed by atoms with Gasteiger partial charge in [-0.1, -0.05) is 48.5 Å². The average Bonchev–Trinajstić information content (AvgIpc) is 3.49. The van der Waals surface area contributed by atoms with Crippen LogP contribution in [0.3, 0.4) is 0 Å². The zero-order chi connectivity index (χ0) is 26.6. The monoisotopic (exact) mass is 522 g/mol. The van der Waals surface area contributed by atoms with E-state index in [9.17, 15) is 10.1 Å². The number of nitrogens with zero attached hydrogens (tertiary/aromatic N) is 6. The maximum atomic E-state index is 12.1. The van der Waals surface area contributed by atoms with E-state index in [2.05, 4.69) is 35.6 Å². The number of fused-ring (bicyclic) bond motifs is 1. The lowest BCUT2D eigenvalue weighted by molar-refractivity contribution is -0.138. The third-order valence-corrected chi connectivity index (χ3v) is 8.64. The van der Waals surface area contributed by atoms with E-state index < -0.39 is 0 Å². The quantitative estimate of drug-likeness (QED) is 0.333. The van der Waals surface area contributed by atoms with Gasteiger partial charge in [-0.05, 0) is 37.6 Å². The number of carbonyl (C=O) groups is 1. The summed E-state index contributed by atoms with van der Waals surface area (Å²) in [5.74, 6) is 0.626. The van der Waals surface area contributed by atoms with E-state index in [1.54, 1.807) is 6.20 Å². The summed E-state index contributed by atoms with van der Waals surface area (Å²) >= 11 is 6.70. The Morgan fingerprint density at radius 2 is 2.03 bits per heavy atom. The van der Waals surface area contributed by atoms with Gasteiger partial charge in [-0.2, -0.15) is 10.4 Å². The molecule has 2 saturated heterocycles. The fraction of sp³-hybridized carbons (Fsp3) is 0.267. The second kappa shape index (κ2) is 9.00. The Bertz CT molecular complexity index is 1640. The van der Waals surface area contributed by atoms with Gasteiger partial charge < -0.3 is 9.80 Å². The Kier molecular flexibility index (Phi) is 5.73. The molecule has 2 aromatic heterocycles. The summed E-state index contributed by atoms with van der Waals surface area (Å²) < 4.78 is 1.83. The fourth-order valence-corrected chi connectivity index (χ4v) is 6.34. The lowest BCUT2D eigenvalue weighted by Gasteiger charge is -2.51. The first kappa shape index (κ1) is 24.2. The number of nitriles is 1. The van der Waals surface area contributed by atoms with Crippen molar-refractivity contribution in [3.8, 4) is 28.5 Å². The molecule has 8 heteroatoms. The highest BCUT2D eigenvalue weighted by Crippen LogP contribution is 2.48. The van der Waals surface area contributed by atoms with Crippen molar-refractivity contribution in [2.24, 2.45) is 12.5 Å². The molecule has 0 bridgehead atoms. The molecule has 2 aromatic carbocycles. The van der Waals surface area contributed by atoms with Crippen LogP contribution in [0.4, 0.5) is 5.82 Å². The smallest absolute Gasteiger partial charge is 0.245 e. The molecule has 190 valence electrons. The second-order valence-electron chi connectivity index (χ2n) is 10.2. The summed E-state index contributed by atoms with van der Waals surface area (Å²) in [7, 11) is 1.91. The Morgan fingerprint density at radius 1 is 1.24 bits per heavy atom. The second-order valence-corrected chi connectivity index (χ2v) is 10.6. The van der Waals surface area contributed by atoms with Crippen molar-refractivity contribution in [1.82, 2.24) is 19.7 Å². The minimum Gasteiger partial charge on any atom is -0.352 e. The minimum absolute atomic E-state index is 0.0247. The summed E-state index contributed by atoms with van der Waals surface area (Å²) in [6.45, 7) is 7.93. The van der Waals surface area contributed by atoms with Gasteiger partial charge in [0.1, 0.15) is 17.5 Å². The van der Waals surface area contributed by atoms with Crippen LogP contribution >= 0.6 is 11.6 Å². The van der Waals surface area contributed by atoms with Gasteiger partial charge in [-0.3, -0.25) is 9.48 Å². The number of hydrogen-bond acceptors (Lipinski definition) is 5. The highest BCUT2D eigenvalue weighted by molar-refractivity contribution is 6.34. The number of amides is 1. The number of likely N-dealkylation sites (tertiary alicyclic amines) is 1. The van der Waals surface area contributed by atoms with Gasteiger partial charge in [0.2, 0.25) is 5.91 Å². The predicted molar refractivity (Wildman–Crippen MR) is 150 cm³/mol. The van der Waals surface area contributed by atoms with Crippen LogP contribution in [0.2, 0.25) is 5.02 Å². The summed E-state index contributed by atoms with van der Waals surface area (Å²) in [6, 6.07) is 18.3. The molecule has 38 heavy (non-hydrogen) atoms. The molecule has 4 aromatic rings. The minimum atomic E-state index is -0.0356. The first-order chi connectivity index (χ1) is 18.4. The van der Waals surface area contributed by atoms with Crippen LogP contribution in [-0.4, -0.2) is 51.2 Å². The maximum absolute atomic E-state index is 12.1. The Labute approximate surface area is 226 Å². The summed E-state index contributed by atoms with van der Waals surface area (Å²) in [4.78, 5) is 21.3. The lowest BCUT2D eigenvalue weighted by atomic mass is 9.74. The number of pyridine rings is 1. The van der Waals surface area contributed by atoms with E-state index in [0.29, 0.717) is 29.5 Å². The van der Waals surface area contributed by atoms with Gasteiger partial charge in [0.25, 0.3) is 0 Å². The Morgan fingerprint density at radius 3 is 2.71 bits per heavy atom.